The van der Waals surface area contributed by atoms with E-state index < -0.39 is 0 Å². The maximum atomic E-state index is 12.4. The minimum absolute atomic E-state index is 0.153. The van der Waals surface area contributed by atoms with Crippen LogP contribution in [0.15, 0.2) is 48.5 Å². The normalized spacial score (nSPS) is 10.8. The number of halogens is 1. The number of carbonyl (C=O) groups is 1. The molecule has 0 saturated heterocycles. The third-order valence-electron chi connectivity index (χ3n) is 3.01. The van der Waals surface area contributed by atoms with Gasteiger partial charge in [0.2, 0.25) is 0 Å². The smallest absolute Gasteiger partial charge is 0.253 e. The number of hydrogen-bond acceptors (Lipinski definition) is 2. The molecule has 0 aliphatic carbocycles. The highest BCUT2D eigenvalue weighted by Crippen LogP contribution is 2.18. The van der Waals surface area contributed by atoms with Crippen molar-refractivity contribution >= 4 is 46.2 Å². The van der Waals surface area contributed by atoms with Crippen molar-refractivity contribution in [3.63, 3.8) is 0 Å². The Hall–Kier alpha value is -2.11. The fourth-order valence-corrected chi connectivity index (χ4v) is 2.37. The van der Waals surface area contributed by atoms with Gasteiger partial charge in [0.15, 0.2) is 5.11 Å². The van der Waals surface area contributed by atoms with Crippen LogP contribution in [-0.4, -0.2) is 16.6 Å². The van der Waals surface area contributed by atoms with Gasteiger partial charge < -0.3 is 16.0 Å². The molecule has 0 unspecified atom stereocenters. The zero-order valence-corrected chi connectivity index (χ0v) is 15.4. The monoisotopic (exact) mass is 361 g/mol. The summed E-state index contributed by atoms with van der Waals surface area (Å²) in [7, 11) is 0. The second-order valence-corrected chi connectivity index (χ2v) is 7.18. The molecule has 1 amide bonds. The molecule has 0 saturated carbocycles. The van der Waals surface area contributed by atoms with E-state index in [0.717, 1.165) is 5.69 Å². The van der Waals surface area contributed by atoms with Crippen molar-refractivity contribution in [1.82, 2.24) is 5.32 Å². The summed E-state index contributed by atoms with van der Waals surface area (Å²) in [6.07, 6.45) is 0. The quantitative estimate of drug-likeness (QED) is 0.695. The van der Waals surface area contributed by atoms with Gasteiger partial charge in [-0.05, 0) is 69.4 Å². The van der Waals surface area contributed by atoms with Crippen molar-refractivity contribution < 1.29 is 4.79 Å². The van der Waals surface area contributed by atoms with Crippen LogP contribution >= 0.6 is 23.8 Å². The van der Waals surface area contributed by atoms with Gasteiger partial charge in [-0.1, -0.05) is 23.7 Å². The van der Waals surface area contributed by atoms with Crippen LogP contribution < -0.4 is 16.0 Å². The predicted octanol–water partition coefficient (Wildman–Crippen LogP) is 4.68. The molecule has 0 heterocycles. The molecule has 0 aliphatic heterocycles. The van der Waals surface area contributed by atoms with E-state index in [2.05, 4.69) is 16.0 Å². The van der Waals surface area contributed by atoms with E-state index >= 15 is 0 Å². The van der Waals surface area contributed by atoms with Gasteiger partial charge in [0.25, 0.3) is 5.91 Å². The van der Waals surface area contributed by atoms with Crippen LogP contribution in [0.5, 0.6) is 0 Å². The highest BCUT2D eigenvalue weighted by molar-refractivity contribution is 7.80. The summed E-state index contributed by atoms with van der Waals surface area (Å²) in [4.78, 5) is 12.4. The highest BCUT2D eigenvalue weighted by Gasteiger charge is 2.18. The van der Waals surface area contributed by atoms with Gasteiger partial charge >= 0.3 is 0 Å². The van der Waals surface area contributed by atoms with Crippen LogP contribution in [0.2, 0.25) is 5.02 Å². The van der Waals surface area contributed by atoms with Crippen molar-refractivity contribution in [1.29, 1.82) is 0 Å². The Morgan fingerprint density at radius 1 is 1.00 bits per heavy atom. The second kappa shape index (κ2) is 7.64. The van der Waals surface area contributed by atoms with Crippen LogP contribution in [0.3, 0.4) is 0 Å². The molecule has 0 aliphatic rings. The third kappa shape index (κ3) is 5.51. The number of para-hydroxylation sites is 1. The molecule has 2 aromatic carbocycles. The molecular weight excluding hydrogens is 342 g/mol. The highest BCUT2D eigenvalue weighted by atomic mass is 35.5. The summed E-state index contributed by atoms with van der Waals surface area (Å²) in [6.45, 7) is 5.81. The lowest BCUT2D eigenvalue weighted by atomic mass is 10.1. The van der Waals surface area contributed by atoms with Crippen molar-refractivity contribution in [2.75, 3.05) is 10.6 Å². The van der Waals surface area contributed by atoms with Crippen LogP contribution in [0.1, 0.15) is 31.1 Å². The van der Waals surface area contributed by atoms with Crippen molar-refractivity contribution in [2.45, 2.75) is 26.3 Å². The Morgan fingerprint density at radius 2 is 1.62 bits per heavy atom. The predicted molar refractivity (Wildman–Crippen MR) is 105 cm³/mol. The van der Waals surface area contributed by atoms with Crippen LogP contribution in [-0.2, 0) is 0 Å². The first-order valence-corrected chi connectivity index (χ1v) is 8.28. The topological polar surface area (TPSA) is 53.2 Å². The van der Waals surface area contributed by atoms with Gasteiger partial charge in [-0.15, -0.1) is 0 Å². The number of benzene rings is 2. The number of nitrogens with one attached hydrogen (secondary N) is 3. The first-order valence-electron chi connectivity index (χ1n) is 7.50. The maximum absolute atomic E-state index is 12.4. The number of hydrogen-bond donors (Lipinski definition) is 3. The van der Waals surface area contributed by atoms with Gasteiger partial charge in [-0.25, -0.2) is 0 Å². The number of rotatable bonds is 3. The molecule has 0 aromatic heterocycles. The van der Waals surface area contributed by atoms with E-state index in [0.29, 0.717) is 21.4 Å². The molecule has 0 radical (unpaired) electrons. The molecule has 4 nitrogen and oxygen atoms in total. The lowest BCUT2D eigenvalue weighted by Gasteiger charge is -2.22. The van der Waals surface area contributed by atoms with Crippen LogP contribution in [0.4, 0.5) is 11.4 Å². The third-order valence-corrected chi connectivity index (χ3v) is 3.47. The van der Waals surface area contributed by atoms with E-state index in [1.165, 1.54) is 0 Å². The SMILES string of the molecule is CC(C)(C)NC(=O)c1ccccc1NC(=S)Nc1ccc(Cl)cc1. The molecule has 6 heteroatoms. The van der Waals surface area contributed by atoms with Gasteiger partial charge in [-0.3, -0.25) is 4.79 Å². The average Bonchev–Trinajstić information content (AvgIpc) is 2.48. The molecule has 2 aromatic rings. The Labute approximate surface area is 152 Å². The molecule has 0 bridgehead atoms. The standard InChI is InChI=1S/C18H20ClN3OS/c1-18(2,3)22-16(23)14-6-4-5-7-15(14)21-17(24)20-13-10-8-12(19)9-11-13/h4-11H,1-3H3,(H,22,23)(H2,20,21,24). The molecule has 24 heavy (non-hydrogen) atoms. The summed E-state index contributed by atoms with van der Waals surface area (Å²) in [5, 5.41) is 10.1. The first kappa shape index (κ1) is 18.2. The fraction of sp³-hybridized carbons (Fsp3) is 0.222. The Balaban J connectivity index is 2.10. The second-order valence-electron chi connectivity index (χ2n) is 6.34. The zero-order valence-electron chi connectivity index (χ0n) is 13.8. The molecule has 0 atom stereocenters. The van der Waals surface area contributed by atoms with Gasteiger partial charge in [0.1, 0.15) is 0 Å². The summed E-state index contributed by atoms with van der Waals surface area (Å²) < 4.78 is 0. The maximum Gasteiger partial charge on any atom is 0.253 e. The van der Waals surface area contributed by atoms with Crippen LogP contribution in [0.25, 0.3) is 0 Å². The lowest BCUT2D eigenvalue weighted by molar-refractivity contribution is 0.0920. The molecule has 2 rings (SSSR count). The Bertz CT molecular complexity index is 739. The lowest BCUT2D eigenvalue weighted by Crippen LogP contribution is -2.41. The van der Waals surface area contributed by atoms with Crippen molar-refractivity contribution in [3.05, 3.63) is 59.1 Å². The van der Waals surface area contributed by atoms with E-state index in [-0.39, 0.29) is 11.4 Å². The Morgan fingerprint density at radius 3 is 2.25 bits per heavy atom. The number of carbonyl (C=O) groups excluding carboxylic acids is 1. The van der Waals surface area contributed by atoms with Gasteiger partial charge in [-0.2, -0.15) is 0 Å². The minimum Gasteiger partial charge on any atom is -0.347 e. The van der Waals surface area contributed by atoms with Gasteiger partial charge in [0, 0.05) is 16.2 Å². The van der Waals surface area contributed by atoms with E-state index in [1.807, 2.05) is 51.1 Å². The van der Waals surface area contributed by atoms with E-state index in [9.17, 15) is 4.79 Å². The number of amides is 1. The van der Waals surface area contributed by atoms with Crippen molar-refractivity contribution in [3.8, 4) is 0 Å². The molecule has 0 fully saturated rings. The molecule has 126 valence electrons. The summed E-state index contributed by atoms with van der Waals surface area (Å²) in [6, 6.07) is 14.4. The summed E-state index contributed by atoms with van der Waals surface area (Å²) in [5.74, 6) is -0.153. The summed E-state index contributed by atoms with van der Waals surface area (Å²) in [5.41, 5.74) is 1.68. The minimum atomic E-state index is -0.313. The summed E-state index contributed by atoms with van der Waals surface area (Å²) >= 11 is 11.2. The van der Waals surface area contributed by atoms with Gasteiger partial charge in [0.05, 0.1) is 11.3 Å². The molecular formula is C18H20ClN3OS. The largest absolute Gasteiger partial charge is 0.347 e. The van der Waals surface area contributed by atoms with Crippen LogP contribution in [0, 0.1) is 0 Å². The van der Waals surface area contributed by atoms with Crippen molar-refractivity contribution in [2.24, 2.45) is 0 Å². The number of thiocarbonyl (C=S) groups is 1. The average molecular weight is 362 g/mol. The number of anilines is 2. The zero-order chi connectivity index (χ0) is 17.7. The molecule has 0 spiro atoms. The van der Waals surface area contributed by atoms with E-state index in [4.69, 9.17) is 23.8 Å². The molecule has 3 N–H and O–H groups in total. The van der Waals surface area contributed by atoms with E-state index in [1.54, 1.807) is 18.2 Å². The Kier molecular flexibility index (Phi) is 5.80. The fourth-order valence-electron chi connectivity index (χ4n) is 2.02. The first-order chi connectivity index (χ1) is 11.2.